The monoisotopic (exact) mass is 367 g/mol. The summed E-state index contributed by atoms with van der Waals surface area (Å²) in [6.07, 6.45) is 0.852. The Labute approximate surface area is 156 Å². The standard InChI is InChI=1S/C19H21N5O3/c1-3-10-27-17-11-15(26-2)8-9-16(17)19(25)20-12-13-4-6-14(7-5-13)18-21-23-24-22-18/h4-9,11H,3,10,12H2,1-2H3,(H,20,25)(H,21,22,23,24). The van der Waals surface area contributed by atoms with Crippen LogP contribution in [0.25, 0.3) is 11.4 Å². The molecule has 1 aromatic heterocycles. The molecule has 8 heteroatoms. The molecule has 0 fully saturated rings. The molecule has 2 N–H and O–H groups in total. The Balaban J connectivity index is 1.66. The van der Waals surface area contributed by atoms with Gasteiger partial charge >= 0.3 is 0 Å². The van der Waals surface area contributed by atoms with Crippen molar-refractivity contribution in [1.29, 1.82) is 0 Å². The molecule has 0 aliphatic heterocycles. The van der Waals surface area contributed by atoms with Gasteiger partial charge in [0.1, 0.15) is 11.5 Å². The fourth-order valence-electron chi connectivity index (χ4n) is 2.48. The van der Waals surface area contributed by atoms with Crippen molar-refractivity contribution in [2.45, 2.75) is 19.9 Å². The van der Waals surface area contributed by atoms with Crippen molar-refractivity contribution in [2.75, 3.05) is 13.7 Å². The van der Waals surface area contributed by atoms with E-state index in [2.05, 4.69) is 25.9 Å². The first-order valence-corrected chi connectivity index (χ1v) is 8.63. The van der Waals surface area contributed by atoms with Gasteiger partial charge in [0.2, 0.25) is 5.82 Å². The normalized spacial score (nSPS) is 10.4. The highest BCUT2D eigenvalue weighted by Crippen LogP contribution is 2.25. The van der Waals surface area contributed by atoms with Crippen molar-refractivity contribution in [3.63, 3.8) is 0 Å². The van der Waals surface area contributed by atoms with E-state index in [9.17, 15) is 4.79 Å². The van der Waals surface area contributed by atoms with Crippen LogP contribution >= 0.6 is 0 Å². The minimum Gasteiger partial charge on any atom is -0.497 e. The molecule has 0 saturated heterocycles. The molecule has 0 aliphatic carbocycles. The average molecular weight is 367 g/mol. The molecule has 1 heterocycles. The summed E-state index contributed by atoms with van der Waals surface area (Å²) in [5.41, 5.74) is 2.29. The predicted molar refractivity (Wildman–Crippen MR) is 99.6 cm³/mol. The molecule has 0 radical (unpaired) electrons. The van der Waals surface area contributed by atoms with Gasteiger partial charge in [-0.05, 0) is 29.3 Å². The molecule has 0 aliphatic rings. The van der Waals surface area contributed by atoms with E-state index in [4.69, 9.17) is 9.47 Å². The number of ether oxygens (including phenoxy) is 2. The second-order valence-corrected chi connectivity index (χ2v) is 5.83. The van der Waals surface area contributed by atoms with E-state index in [-0.39, 0.29) is 5.91 Å². The molecule has 3 rings (SSSR count). The van der Waals surface area contributed by atoms with Gasteiger partial charge in [0, 0.05) is 18.2 Å². The summed E-state index contributed by atoms with van der Waals surface area (Å²) in [7, 11) is 1.58. The maximum Gasteiger partial charge on any atom is 0.255 e. The molecule has 2 aromatic carbocycles. The number of H-pyrrole nitrogens is 1. The van der Waals surface area contributed by atoms with Crippen molar-refractivity contribution in [1.82, 2.24) is 25.9 Å². The van der Waals surface area contributed by atoms with E-state index in [1.807, 2.05) is 31.2 Å². The van der Waals surface area contributed by atoms with Gasteiger partial charge in [0.15, 0.2) is 0 Å². The molecular weight excluding hydrogens is 346 g/mol. The fourth-order valence-corrected chi connectivity index (χ4v) is 2.48. The Hall–Kier alpha value is -3.42. The number of carbonyl (C=O) groups excluding carboxylic acids is 1. The Kier molecular flexibility index (Phi) is 5.98. The highest BCUT2D eigenvalue weighted by atomic mass is 16.5. The molecule has 3 aromatic rings. The minimum atomic E-state index is -0.203. The molecule has 0 atom stereocenters. The molecule has 0 unspecified atom stereocenters. The zero-order chi connectivity index (χ0) is 19.1. The minimum absolute atomic E-state index is 0.203. The van der Waals surface area contributed by atoms with Crippen LogP contribution in [0.4, 0.5) is 0 Å². The smallest absolute Gasteiger partial charge is 0.255 e. The quantitative estimate of drug-likeness (QED) is 0.634. The van der Waals surface area contributed by atoms with E-state index in [1.165, 1.54) is 0 Å². The van der Waals surface area contributed by atoms with Gasteiger partial charge in [-0.25, -0.2) is 0 Å². The molecular formula is C19H21N5O3. The second kappa shape index (κ2) is 8.79. The first kappa shape index (κ1) is 18.4. The molecule has 0 saturated carbocycles. The third-order valence-electron chi connectivity index (χ3n) is 3.91. The highest BCUT2D eigenvalue weighted by Gasteiger charge is 2.14. The third-order valence-corrected chi connectivity index (χ3v) is 3.91. The Morgan fingerprint density at radius 1 is 1.19 bits per heavy atom. The van der Waals surface area contributed by atoms with Gasteiger partial charge in [-0.15, -0.1) is 10.2 Å². The number of aromatic nitrogens is 4. The summed E-state index contributed by atoms with van der Waals surface area (Å²) in [5.74, 6) is 1.49. The van der Waals surface area contributed by atoms with Crippen LogP contribution in [0.5, 0.6) is 11.5 Å². The van der Waals surface area contributed by atoms with Gasteiger partial charge in [0.25, 0.3) is 5.91 Å². The fraction of sp³-hybridized carbons (Fsp3) is 0.263. The number of hydrogen-bond donors (Lipinski definition) is 2. The van der Waals surface area contributed by atoms with Crippen molar-refractivity contribution >= 4 is 5.91 Å². The number of methoxy groups -OCH3 is 1. The summed E-state index contributed by atoms with van der Waals surface area (Å²) in [6.45, 7) is 2.94. The molecule has 8 nitrogen and oxygen atoms in total. The van der Waals surface area contributed by atoms with Gasteiger partial charge < -0.3 is 14.8 Å². The molecule has 140 valence electrons. The maximum absolute atomic E-state index is 12.6. The van der Waals surface area contributed by atoms with Crippen LogP contribution in [-0.4, -0.2) is 40.2 Å². The van der Waals surface area contributed by atoms with Crippen LogP contribution in [0.1, 0.15) is 29.3 Å². The summed E-state index contributed by atoms with van der Waals surface area (Å²) < 4.78 is 10.9. The van der Waals surface area contributed by atoms with Crippen molar-refractivity contribution in [3.8, 4) is 22.9 Å². The van der Waals surface area contributed by atoms with Crippen molar-refractivity contribution < 1.29 is 14.3 Å². The number of benzene rings is 2. The van der Waals surface area contributed by atoms with Crippen LogP contribution in [0.2, 0.25) is 0 Å². The van der Waals surface area contributed by atoms with Gasteiger partial charge in [-0.2, -0.15) is 5.21 Å². The summed E-state index contributed by atoms with van der Waals surface area (Å²) in [6, 6.07) is 12.8. The van der Waals surface area contributed by atoms with E-state index < -0.39 is 0 Å². The SMILES string of the molecule is CCCOc1cc(OC)ccc1C(=O)NCc1ccc(-c2nn[nH]n2)cc1. The predicted octanol–water partition coefficient (Wildman–Crippen LogP) is 2.59. The number of hydrogen-bond acceptors (Lipinski definition) is 6. The lowest BCUT2D eigenvalue weighted by Gasteiger charge is -2.13. The number of tetrazole rings is 1. The number of aromatic amines is 1. The number of carbonyl (C=O) groups is 1. The zero-order valence-corrected chi connectivity index (χ0v) is 15.2. The number of rotatable bonds is 8. The maximum atomic E-state index is 12.6. The van der Waals surface area contributed by atoms with Crippen molar-refractivity contribution in [3.05, 3.63) is 53.6 Å². The highest BCUT2D eigenvalue weighted by molar-refractivity contribution is 5.97. The van der Waals surface area contributed by atoms with E-state index in [0.29, 0.717) is 36.0 Å². The van der Waals surface area contributed by atoms with Crippen LogP contribution in [0, 0.1) is 0 Å². The Morgan fingerprint density at radius 2 is 2.00 bits per heavy atom. The molecule has 1 amide bonds. The van der Waals surface area contributed by atoms with E-state index in [1.54, 1.807) is 25.3 Å². The summed E-state index contributed by atoms with van der Waals surface area (Å²) in [4.78, 5) is 12.6. The van der Waals surface area contributed by atoms with Gasteiger partial charge in [-0.3, -0.25) is 4.79 Å². The molecule has 27 heavy (non-hydrogen) atoms. The van der Waals surface area contributed by atoms with Crippen LogP contribution < -0.4 is 14.8 Å². The Morgan fingerprint density at radius 3 is 2.67 bits per heavy atom. The number of nitrogens with one attached hydrogen (secondary N) is 2. The van der Waals surface area contributed by atoms with Gasteiger partial charge in [0.05, 0.1) is 19.3 Å². The first-order valence-electron chi connectivity index (χ1n) is 8.63. The molecule has 0 bridgehead atoms. The van der Waals surface area contributed by atoms with Crippen molar-refractivity contribution in [2.24, 2.45) is 0 Å². The van der Waals surface area contributed by atoms with E-state index >= 15 is 0 Å². The van der Waals surface area contributed by atoms with Crippen LogP contribution in [0.15, 0.2) is 42.5 Å². The average Bonchev–Trinajstić information content (AvgIpc) is 3.25. The van der Waals surface area contributed by atoms with Crippen LogP contribution in [-0.2, 0) is 6.54 Å². The lowest BCUT2D eigenvalue weighted by molar-refractivity contribution is 0.0946. The summed E-state index contributed by atoms with van der Waals surface area (Å²) >= 11 is 0. The zero-order valence-electron chi connectivity index (χ0n) is 15.2. The third kappa shape index (κ3) is 4.60. The first-order chi connectivity index (χ1) is 13.2. The number of amides is 1. The van der Waals surface area contributed by atoms with Crippen LogP contribution in [0.3, 0.4) is 0 Å². The van der Waals surface area contributed by atoms with Gasteiger partial charge in [-0.1, -0.05) is 31.2 Å². The number of nitrogens with zero attached hydrogens (tertiary/aromatic N) is 3. The topological polar surface area (TPSA) is 102 Å². The Bertz CT molecular complexity index is 879. The molecule has 0 spiro atoms. The largest absolute Gasteiger partial charge is 0.497 e. The lowest BCUT2D eigenvalue weighted by Crippen LogP contribution is -2.23. The van der Waals surface area contributed by atoms with E-state index in [0.717, 1.165) is 17.5 Å². The second-order valence-electron chi connectivity index (χ2n) is 5.83. The summed E-state index contributed by atoms with van der Waals surface area (Å²) in [5, 5.41) is 16.8. The lowest BCUT2D eigenvalue weighted by atomic mass is 10.1.